The summed E-state index contributed by atoms with van der Waals surface area (Å²) in [4.78, 5) is 26.6. The van der Waals surface area contributed by atoms with Gasteiger partial charge in [0.15, 0.2) is 11.5 Å². The van der Waals surface area contributed by atoms with Crippen molar-refractivity contribution in [3.63, 3.8) is 0 Å². The van der Waals surface area contributed by atoms with E-state index in [2.05, 4.69) is 16.7 Å². The molecule has 0 spiro atoms. The summed E-state index contributed by atoms with van der Waals surface area (Å²) in [7, 11) is 3.05. The number of hydrogen-bond donors (Lipinski definition) is 2. The molecule has 7 heteroatoms. The largest absolute Gasteiger partial charge is 0.493 e. The SMILES string of the molecule is COc1ccc(C(=O)N/C(=C\c2cccs2)C(=O)NCCC2=CCCCC2)cc1OC. The van der Waals surface area contributed by atoms with Crippen LogP contribution in [0.5, 0.6) is 11.5 Å². The Hall–Kier alpha value is -3.06. The first-order chi connectivity index (χ1) is 15.1. The minimum Gasteiger partial charge on any atom is -0.493 e. The van der Waals surface area contributed by atoms with Crippen LogP contribution in [0.3, 0.4) is 0 Å². The fraction of sp³-hybridized carbons (Fsp3) is 0.333. The molecule has 0 fully saturated rings. The van der Waals surface area contributed by atoms with E-state index in [1.165, 1.54) is 44.0 Å². The molecule has 2 amide bonds. The van der Waals surface area contributed by atoms with E-state index in [9.17, 15) is 9.59 Å². The molecule has 0 unspecified atom stereocenters. The molecule has 2 N–H and O–H groups in total. The Morgan fingerprint density at radius 1 is 1.13 bits per heavy atom. The predicted octanol–water partition coefficient (Wildman–Crippen LogP) is 4.54. The second-order valence-corrected chi connectivity index (χ2v) is 8.19. The molecule has 3 rings (SSSR count). The van der Waals surface area contributed by atoms with Crippen molar-refractivity contribution in [1.82, 2.24) is 10.6 Å². The van der Waals surface area contributed by atoms with Crippen molar-refractivity contribution in [1.29, 1.82) is 0 Å². The highest BCUT2D eigenvalue weighted by atomic mass is 32.1. The summed E-state index contributed by atoms with van der Waals surface area (Å²) in [6, 6.07) is 8.68. The van der Waals surface area contributed by atoms with Crippen molar-refractivity contribution >= 4 is 29.2 Å². The number of rotatable bonds is 9. The van der Waals surface area contributed by atoms with Gasteiger partial charge in [-0.05, 0) is 67.8 Å². The van der Waals surface area contributed by atoms with Gasteiger partial charge in [-0.3, -0.25) is 9.59 Å². The molecule has 0 atom stereocenters. The number of nitrogens with one attached hydrogen (secondary N) is 2. The number of carbonyl (C=O) groups excluding carboxylic acids is 2. The standard InChI is InChI=1S/C24H28N2O4S/c1-29-21-11-10-18(15-22(21)30-2)23(27)26-20(16-19-9-6-14-31-19)24(28)25-13-12-17-7-4-3-5-8-17/h6-7,9-11,14-16H,3-5,8,12-13H2,1-2H3,(H,25,28)(H,26,27)/b20-16-. The first-order valence-corrected chi connectivity index (χ1v) is 11.2. The second-order valence-electron chi connectivity index (χ2n) is 7.21. The maximum atomic E-state index is 12.8. The van der Waals surface area contributed by atoms with Crippen molar-refractivity contribution in [2.75, 3.05) is 20.8 Å². The maximum absolute atomic E-state index is 12.8. The summed E-state index contributed by atoms with van der Waals surface area (Å²) in [6.07, 6.45) is 9.48. The Morgan fingerprint density at radius 2 is 1.97 bits per heavy atom. The van der Waals surface area contributed by atoms with Crippen molar-refractivity contribution in [3.05, 3.63) is 63.5 Å². The molecule has 0 aliphatic heterocycles. The van der Waals surface area contributed by atoms with E-state index in [1.54, 1.807) is 24.3 Å². The van der Waals surface area contributed by atoms with Gasteiger partial charge in [-0.2, -0.15) is 0 Å². The molecule has 1 aliphatic rings. The third-order valence-electron chi connectivity index (χ3n) is 5.09. The molecule has 1 aliphatic carbocycles. The number of ether oxygens (including phenoxy) is 2. The van der Waals surface area contributed by atoms with Crippen molar-refractivity contribution in [3.8, 4) is 11.5 Å². The first kappa shape index (κ1) is 22.6. The Kier molecular flexibility index (Phi) is 8.29. The van der Waals surface area contributed by atoms with Crippen LogP contribution in [-0.4, -0.2) is 32.6 Å². The van der Waals surface area contributed by atoms with Crippen LogP contribution in [0.25, 0.3) is 6.08 Å². The Bertz CT molecular complexity index is 964. The van der Waals surface area contributed by atoms with Crippen molar-refractivity contribution < 1.29 is 19.1 Å². The summed E-state index contributed by atoms with van der Waals surface area (Å²) >= 11 is 1.50. The summed E-state index contributed by atoms with van der Waals surface area (Å²) in [6.45, 7) is 0.540. The van der Waals surface area contributed by atoms with Crippen LogP contribution in [0, 0.1) is 0 Å². The summed E-state index contributed by atoms with van der Waals surface area (Å²) in [5.41, 5.74) is 1.97. The van der Waals surface area contributed by atoms with Gasteiger partial charge in [0.2, 0.25) is 0 Å². The van der Waals surface area contributed by atoms with Crippen LogP contribution in [0.15, 0.2) is 53.1 Å². The van der Waals surface area contributed by atoms with E-state index in [4.69, 9.17) is 9.47 Å². The van der Waals surface area contributed by atoms with Crippen LogP contribution in [0.4, 0.5) is 0 Å². The highest BCUT2D eigenvalue weighted by molar-refractivity contribution is 7.10. The zero-order chi connectivity index (χ0) is 22.1. The topological polar surface area (TPSA) is 76.7 Å². The Morgan fingerprint density at radius 3 is 2.65 bits per heavy atom. The van der Waals surface area contributed by atoms with Crippen molar-refractivity contribution in [2.45, 2.75) is 32.1 Å². The number of hydrogen-bond acceptors (Lipinski definition) is 5. The minimum absolute atomic E-state index is 0.208. The van der Waals surface area contributed by atoms with Gasteiger partial charge in [0.25, 0.3) is 11.8 Å². The second kappa shape index (κ2) is 11.4. The Balaban J connectivity index is 1.70. The lowest BCUT2D eigenvalue weighted by molar-refractivity contribution is -0.117. The highest BCUT2D eigenvalue weighted by Gasteiger charge is 2.17. The van der Waals surface area contributed by atoms with Crippen LogP contribution in [0.1, 0.15) is 47.3 Å². The normalized spacial score (nSPS) is 13.9. The van der Waals surface area contributed by atoms with Crippen LogP contribution < -0.4 is 20.1 Å². The van der Waals surface area contributed by atoms with E-state index in [-0.39, 0.29) is 11.6 Å². The number of amides is 2. The molecule has 164 valence electrons. The predicted molar refractivity (Wildman–Crippen MR) is 123 cm³/mol. The fourth-order valence-corrected chi connectivity index (χ4v) is 4.07. The van der Waals surface area contributed by atoms with Gasteiger partial charge in [0, 0.05) is 17.0 Å². The van der Waals surface area contributed by atoms with Crippen LogP contribution >= 0.6 is 11.3 Å². The summed E-state index contributed by atoms with van der Waals surface area (Å²) in [5.74, 6) is 0.278. The minimum atomic E-state index is -0.395. The number of thiophene rings is 1. The summed E-state index contributed by atoms with van der Waals surface area (Å²) < 4.78 is 10.5. The van der Waals surface area contributed by atoms with Crippen LogP contribution in [0.2, 0.25) is 0 Å². The van der Waals surface area contributed by atoms with Crippen molar-refractivity contribution in [2.24, 2.45) is 0 Å². The quantitative estimate of drug-likeness (QED) is 0.443. The number of allylic oxidation sites excluding steroid dienone is 1. The molecule has 31 heavy (non-hydrogen) atoms. The lowest BCUT2D eigenvalue weighted by atomic mass is 9.97. The first-order valence-electron chi connectivity index (χ1n) is 10.4. The number of methoxy groups -OCH3 is 2. The molecule has 0 saturated heterocycles. The summed E-state index contributed by atoms with van der Waals surface area (Å²) in [5, 5.41) is 7.62. The molecule has 0 radical (unpaired) electrons. The lowest BCUT2D eigenvalue weighted by Crippen LogP contribution is -2.35. The van der Waals surface area contributed by atoms with E-state index in [1.807, 2.05) is 17.5 Å². The van der Waals surface area contributed by atoms with Gasteiger partial charge in [-0.25, -0.2) is 0 Å². The van der Waals surface area contributed by atoms with E-state index >= 15 is 0 Å². The molecule has 1 aromatic carbocycles. The van der Waals surface area contributed by atoms with Gasteiger partial charge in [-0.15, -0.1) is 11.3 Å². The molecule has 2 aromatic rings. The van der Waals surface area contributed by atoms with Gasteiger partial charge in [-0.1, -0.05) is 17.7 Å². The molecule has 1 heterocycles. The molecule has 6 nitrogen and oxygen atoms in total. The van der Waals surface area contributed by atoms with Gasteiger partial charge in [0.1, 0.15) is 5.70 Å². The average Bonchev–Trinajstić information content (AvgIpc) is 3.32. The van der Waals surface area contributed by atoms with Crippen LogP contribution in [-0.2, 0) is 4.79 Å². The average molecular weight is 441 g/mol. The third kappa shape index (κ3) is 6.46. The molecule has 0 bridgehead atoms. The van der Waals surface area contributed by atoms with E-state index in [0.717, 1.165) is 24.1 Å². The zero-order valence-corrected chi connectivity index (χ0v) is 18.7. The van der Waals surface area contributed by atoms with E-state index < -0.39 is 5.91 Å². The van der Waals surface area contributed by atoms with Gasteiger partial charge < -0.3 is 20.1 Å². The smallest absolute Gasteiger partial charge is 0.267 e. The monoisotopic (exact) mass is 440 g/mol. The number of carbonyl (C=O) groups is 2. The maximum Gasteiger partial charge on any atom is 0.267 e. The Labute approximate surface area is 187 Å². The third-order valence-corrected chi connectivity index (χ3v) is 5.90. The number of benzene rings is 1. The molecule has 1 aromatic heterocycles. The van der Waals surface area contributed by atoms with E-state index in [0.29, 0.717) is 23.6 Å². The molecular formula is C24H28N2O4S. The lowest BCUT2D eigenvalue weighted by Gasteiger charge is -2.14. The molecular weight excluding hydrogens is 412 g/mol. The molecule has 0 saturated carbocycles. The fourth-order valence-electron chi connectivity index (χ4n) is 3.41. The zero-order valence-electron chi connectivity index (χ0n) is 17.9. The van der Waals surface area contributed by atoms with Gasteiger partial charge in [0.05, 0.1) is 14.2 Å². The van der Waals surface area contributed by atoms with Gasteiger partial charge >= 0.3 is 0 Å². The highest BCUT2D eigenvalue weighted by Crippen LogP contribution is 2.27.